The van der Waals surface area contributed by atoms with E-state index >= 15 is 0 Å². The molecule has 0 aliphatic heterocycles. The molecule has 0 radical (unpaired) electrons. The minimum atomic E-state index is -1.94. The summed E-state index contributed by atoms with van der Waals surface area (Å²) in [5.41, 5.74) is 0.549. The van der Waals surface area contributed by atoms with Crippen LogP contribution in [0.25, 0.3) is 0 Å². The van der Waals surface area contributed by atoms with E-state index in [-0.39, 0.29) is 11.7 Å². The molecular weight excluding hydrogens is 259 g/mol. The summed E-state index contributed by atoms with van der Waals surface area (Å²) in [6, 6.07) is 7.05. The highest BCUT2D eigenvalue weighted by Gasteiger charge is 2.30. The van der Waals surface area contributed by atoms with Gasteiger partial charge in [0.1, 0.15) is 0 Å². The van der Waals surface area contributed by atoms with Crippen molar-refractivity contribution in [2.75, 3.05) is 7.11 Å². The predicted octanol–water partition coefficient (Wildman–Crippen LogP) is 4.10. The third-order valence-electron chi connectivity index (χ3n) is 3.30. The van der Waals surface area contributed by atoms with Gasteiger partial charge >= 0.3 is 8.03 Å². The molecule has 1 rings (SSSR count). The van der Waals surface area contributed by atoms with Crippen LogP contribution >= 0.6 is 8.03 Å². The van der Waals surface area contributed by atoms with Crippen molar-refractivity contribution in [3.63, 3.8) is 0 Å². The van der Waals surface area contributed by atoms with E-state index in [1.54, 1.807) is 18.2 Å². The summed E-state index contributed by atoms with van der Waals surface area (Å²) in [6.45, 7) is 4.14. The number of hydrogen-bond acceptors (Lipinski definition) is 3. The summed E-state index contributed by atoms with van der Waals surface area (Å²) in [4.78, 5) is 12.5. The fourth-order valence-electron chi connectivity index (χ4n) is 2.13. The number of hydrogen-bond donors (Lipinski definition) is 0. The number of benzene rings is 1. The molecule has 1 aromatic rings. The lowest BCUT2D eigenvalue weighted by Crippen LogP contribution is -2.20. The van der Waals surface area contributed by atoms with Crippen molar-refractivity contribution in [1.82, 2.24) is 0 Å². The van der Waals surface area contributed by atoms with Crippen molar-refractivity contribution in [2.24, 2.45) is 5.92 Å². The van der Waals surface area contributed by atoms with Crippen LogP contribution in [-0.2, 0) is 9.09 Å². The highest BCUT2D eigenvalue weighted by atomic mass is 31.1. The van der Waals surface area contributed by atoms with E-state index < -0.39 is 8.03 Å². The number of ketones is 1. The first-order valence-corrected chi connectivity index (χ1v) is 7.98. The van der Waals surface area contributed by atoms with Crippen molar-refractivity contribution < 1.29 is 13.9 Å². The van der Waals surface area contributed by atoms with Gasteiger partial charge in [-0.1, -0.05) is 38.8 Å². The summed E-state index contributed by atoms with van der Waals surface area (Å²) >= 11 is 0. The molecule has 0 aromatic heterocycles. The quantitative estimate of drug-likeness (QED) is 0.532. The van der Waals surface area contributed by atoms with E-state index in [9.17, 15) is 9.36 Å². The summed E-state index contributed by atoms with van der Waals surface area (Å²) in [7, 11) is -0.543. The molecule has 1 aromatic carbocycles. The molecule has 0 aliphatic carbocycles. The van der Waals surface area contributed by atoms with Gasteiger partial charge in [-0.3, -0.25) is 4.79 Å². The second-order valence-electron chi connectivity index (χ2n) is 4.57. The maximum Gasteiger partial charge on any atom is 0.549 e. The maximum absolute atomic E-state index is 12.5. The van der Waals surface area contributed by atoms with Gasteiger partial charge in [-0.25, -0.2) is 0 Å². The van der Waals surface area contributed by atoms with Crippen molar-refractivity contribution in [2.45, 2.75) is 39.5 Å². The van der Waals surface area contributed by atoms with Crippen LogP contribution in [-0.4, -0.2) is 12.9 Å². The number of carbonyl (C=O) groups excluding carboxylic acids is 1. The van der Waals surface area contributed by atoms with Crippen LogP contribution in [0.2, 0.25) is 0 Å². The summed E-state index contributed by atoms with van der Waals surface area (Å²) in [6.07, 6.45) is 3.83. The van der Waals surface area contributed by atoms with Crippen LogP contribution in [0.15, 0.2) is 24.3 Å². The second-order valence-corrected chi connectivity index (χ2v) is 5.93. The van der Waals surface area contributed by atoms with E-state index in [0.717, 1.165) is 25.7 Å². The number of rotatable bonds is 8. The molecule has 0 spiro atoms. The van der Waals surface area contributed by atoms with Crippen LogP contribution in [0.3, 0.4) is 0 Å². The third kappa shape index (κ3) is 4.22. The highest BCUT2D eigenvalue weighted by Crippen LogP contribution is 2.25. The monoisotopic (exact) mass is 281 g/mol. The zero-order valence-corrected chi connectivity index (χ0v) is 12.8. The molecule has 0 saturated carbocycles. The molecule has 0 heterocycles. The van der Waals surface area contributed by atoms with Gasteiger partial charge in [0.2, 0.25) is 5.30 Å². The second kappa shape index (κ2) is 8.19. The van der Waals surface area contributed by atoms with Gasteiger partial charge in [0.25, 0.3) is 0 Å². The maximum atomic E-state index is 12.5. The number of Topliss-reactive ketones (excluding diaryl/α,β-unsaturated/α-hetero) is 1. The molecule has 3 nitrogen and oxygen atoms in total. The molecule has 19 heavy (non-hydrogen) atoms. The Morgan fingerprint density at radius 3 is 2.58 bits per heavy atom. The summed E-state index contributed by atoms with van der Waals surface area (Å²) in [5.74, 6) is 0.105. The lowest BCUT2D eigenvalue weighted by atomic mass is 9.90. The van der Waals surface area contributed by atoms with Gasteiger partial charge in [-0.15, -0.1) is 4.52 Å². The van der Waals surface area contributed by atoms with E-state index in [4.69, 9.17) is 4.52 Å². The molecule has 0 amide bonds. The van der Waals surface area contributed by atoms with E-state index in [1.165, 1.54) is 7.11 Å². The standard InChI is InChI=1S/C15H22O3P/c1-4-6-9-12(5-2)15(16)13-10-7-8-11-14(13)19(17)18-3/h7-8,10-12H,4-6,9H2,1-3H3/q+1. The van der Waals surface area contributed by atoms with Gasteiger partial charge in [-0.2, -0.15) is 0 Å². The molecule has 0 N–H and O–H groups in total. The van der Waals surface area contributed by atoms with Crippen molar-refractivity contribution in [3.8, 4) is 0 Å². The SMILES string of the molecule is CCCCC(CC)C(=O)c1ccccc1[P+](=O)OC. The Kier molecular flexibility index (Phi) is 6.90. The topological polar surface area (TPSA) is 43.4 Å². The van der Waals surface area contributed by atoms with Crippen molar-refractivity contribution in [3.05, 3.63) is 29.8 Å². The van der Waals surface area contributed by atoms with Gasteiger partial charge < -0.3 is 0 Å². The first-order chi connectivity index (χ1) is 9.15. The Bertz CT molecular complexity index is 443. The fraction of sp³-hybridized carbons (Fsp3) is 0.533. The smallest absolute Gasteiger partial charge is 0.294 e. The van der Waals surface area contributed by atoms with Gasteiger partial charge in [-0.05, 0) is 29.5 Å². The van der Waals surface area contributed by atoms with Crippen molar-refractivity contribution in [1.29, 1.82) is 0 Å². The Balaban J connectivity index is 3.00. The van der Waals surface area contributed by atoms with E-state index in [2.05, 4.69) is 6.92 Å². The highest BCUT2D eigenvalue weighted by molar-refractivity contribution is 7.48. The molecule has 0 fully saturated rings. The van der Waals surface area contributed by atoms with E-state index in [1.807, 2.05) is 13.0 Å². The van der Waals surface area contributed by atoms with E-state index in [0.29, 0.717) is 10.9 Å². The Hall–Kier alpha value is -1.05. The summed E-state index contributed by atoms with van der Waals surface area (Å²) in [5, 5.41) is 0.514. The predicted molar refractivity (Wildman–Crippen MR) is 78.3 cm³/mol. The Morgan fingerprint density at radius 2 is 2.00 bits per heavy atom. The molecule has 104 valence electrons. The minimum absolute atomic E-state index is 0.0151. The molecule has 2 unspecified atom stereocenters. The van der Waals surface area contributed by atoms with Crippen LogP contribution < -0.4 is 5.30 Å². The first-order valence-electron chi connectivity index (χ1n) is 6.80. The zero-order valence-electron chi connectivity index (χ0n) is 11.9. The zero-order chi connectivity index (χ0) is 14.3. The lowest BCUT2D eigenvalue weighted by molar-refractivity contribution is 0.0909. The molecule has 2 atom stereocenters. The Morgan fingerprint density at radius 1 is 1.32 bits per heavy atom. The van der Waals surface area contributed by atoms with Crippen LogP contribution in [0.4, 0.5) is 0 Å². The average molecular weight is 281 g/mol. The molecule has 0 saturated heterocycles. The first kappa shape index (κ1) is 16.0. The fourth-order valence-corrected chi connectivity index (χ4v) is 2.92. The molecule has 0 bridgehead atoms. The molecular formula is C15H22O3P+. The van der Waals surface area contributed by atoms with Gasteiger partial charge in [0.15, 0.2) is 5.78 Å². The number of unbranched alkanes of at least 4 members (excludes halogenated alkanes) is 1. The summed E-state index contributed by atoms with van der Waals surface area (Å²) < 4.78 is 16.7. The normalized spacial score (nSPS) is 13.1. The Labute approximate surface area is 116 Å². The van der Waals surface area contributed by atoms with Crippen LogP contribution in [0.5, 0.6) is 0 Å². The van der Waals surface area contributed by atoms with Crippen molar-refractivity contribution >= 4 is 19.1 Å². The molecule has 0 aliphatic rings. The third-order valence-corrected chi connectivity index (χ3v) is 4.42. The number of carbonyl (C=O) groups is 1. The van der Waals surface area contributed by atoms with Gasteiger partial charge in [0, 0.05) is 5.92 Å². The largest absolute Gasteiger partial charge is 0.549 e. The van der Waals surface area contributed by atoms with Crippen LogP contribution in [0.1, 0.15) is 49.9 Å². The van der Waals surface area contributed by atoms with Gasteiger partial charge in [0.05, 0.1) is 12.7 Å². The molecule has 4 heteroatoms. The van der Waals surface area contributed by atoms with Crippen LogP contribution in [0, 0.1) is 5.92 Å². The minimum Gasteiger partial charge on any atom is -0.294 e. The lowest BCUT2D eigenvalue weighted by Gasteiger charge is -2.12. The average Bonchev–Trinajstić information content (AvgIpc) is 2.47.